The van der Waals surface area contributed by atoms with Crippen molar-refractivity contribution in [2.45, 2.75) is 57.4 Å². The number of nitrogens with zero attached hydrogens (tertiary/aromatic N) is 1. The molecule has 1 aliphatic heterocycles. The van der Waals surface area contributed by atoms with Crippen LogP contribution in [0.5, 0.6) is 0 Å². The predicted octanol–water partition coefficient (Wildman–Crippen LogP) is 2.47. The van der Waals surface area contributed by atoms with Crippen molar-refractivity contribution in [3.63, 3.8) is 0 Å². The minimum absolute atomic E-state index is 0.222. The lowest BCUT2D eigenvalue weighted by Gasteiger charge is -2.27. The molecule has 6 heteroatoms. The highest BCUT2D eigenvalue weighted by Gasteiger charge is 2.53. The molecule has 0 radical (unpaired) electrons. The van der Waals surface area contributed by atoms with Crippen LogP contribution in [0.2, 0.25) is 0 Å². The molecule has 1 atom stereocenters. The Labute approximate surface area is 154 Å². The van der Waals surface area contributed by atoms with E-state index in [1.54, 1.807) is 0 Å². The van der Waals surface area contributed by atoms with E-state index in [0.29, 0.717) is 13.0 Å². The van der Waals surface area contributed by atoms with Crippen molar-refractivity contribution >= 4 is 17.8 Å². The number of unbranched alkanes of at least 4 members (excludes halogenated alkanes) is 2. The molecule has 1 aromatic carbocycles. The normalized spacial score (nSPS) is 22.1. The van der Waals surface area contributed by atoms with Crippen LogP contribution in [0.4, 0.5) is 4.79 Å². The third kappa shape index (κ3) is 3.45. The van der Waals surface area contributed by atoms with Crippen LogP contribution in [0.15, 0.2) is 24.3 Å². The standard InChI is InChI=1S/C20H27N3O3/c1-2-3-8-13-21-17(24)14-23-18(25)20(22-19(23)26)12-7-6-10-15-9-4-5-11-16(15)20/h4-5,9,11H,2-3,6-8,10,12-14H2,1H3,(H,21,24)(H,22,26)/t20-/m0/s1. The number of carbonyl (C=O) groups excluding carboxylic acids is 3. The second kappa shape index (κ2) is 7.89. The number of benzene rings is 1. The maximum Gasteiger partial charge on any atom is 0.325 e. The third-order valence-corrected chi connectivity index (χ3v) is 5.30. The molecule has 0 bridgehead atoms. The molecule has 6 nitrogen and oxygen atoms in total. The minimum Gasteiger partial charge on any atom is -0.355 e. The van der Waals surface area contributed by atoms with Crippen molar-refractivity contribution < 1.29 is 14.4 Å². The molecule has 1 saturated heterocycles. The summed E-state index contributed by atoms with van der Waals surface area (Å²) in [6, 6.07) is 7.32. The van der Waals surface area contributed by atoms with E-state index in [9.17, 15) is 14.4 Å². The molecule has 3 rings (SSSR count). The molecule has 140 valence electrons. The number of aryl methyl sites for hydroxylation is 1. The monoisotopic (exact) mass is 357 g/mol. The van der Waals surface area contributed by atoms with Gasteiger partial charge in [0.1, 0.15) is 12.1 Å². The number of amides is 4. The molecule has 0 saturated carbocycles. The number of carbonyl (C=O) groups is 3. The smallest absolute Gasteiger partial charge is 0.325 e. The van der Waals surface area contributed by atoms with Gasteiger partial charge < -0.3 is 10.6 Å². The van der Waals surface area contributed by atoms with Crippen LogP contribution in [0.3, 0.4) is 0 Å². The van der Waals surface area contributed by atoms with Crippen LogP contribution >= 0.6 is 0 Å². The van der Waals surface area contributed by atoms with Crippen molar-refractivity contribution in [1.82, 2.24) is 15.5 Å². The molecule has 1 aromatic rings. The van der Waals surface area contributed by atoms with Crippen LogP contribution in [-0.4, -0.2) is 35.8 Å². The van der Waals surface area contributed by atoms with Crippen molar-refractivity contribution in [2.75, 3.05) is 13.1 Å². The molecular weight excluding hydrogens is 330 g/mol. The average molecular weight is 357 g/mol. The average Bonchev–Trinajstić information content (AvgIpc) is 2.78. The van der Waals surface area contributed by atoms with Gasteiger partial charge in [0.25, 0.3) is 5.91 Å². The lowest BCUT2D eigenvalue weighted by molar-refractivity contribution is -0.135. The summed E-state index contributed by atoms with van der Waals surface area (Å²) in [7, 11) is 0. The maximum absolute atomic E-state index is 13.2. The number of urea groups is 1. The van der Waals surface area contributed by atoms with Gasteiger partial charge in [-0.1, -0.05) is 44.0 Å². The molecule has 0 unspecified atom stereocenters. The van der Waals surface area contributed by atoms with E-state index in [1.807, 2.05) is 24.3 Å². The van der Waals surface area contributed by atoms with Crippen molar-refractivity contribution in [1.29, 1.82) is 0 Å². The summed E-state index contributed by atoms with van der Waals surface area (Å²) in [4.78, 5) is 38.9. The zero-order valence-corrected chi connectivity index (χ0v) is 15.3. The van der Waals surface area contributed by atoms with Gasteiger partial charge in [-0.2, -0.15) is 0 Å². The van der Waals surface area contributed by atoms with Crippen LogP contribution < -0.4 is 10.6 Å². The number of rotatable bonds is 6. The summed E-state index contributed by atoms with van der Waals surface area (Å²) < 4.78 is 0. The zero-order chi connectivity index (χ0) is 18.6. The lowest BCUT2D eigenvalue weighted by atomic mass is 9.84. The number of hydrogen-bond donors (Lipinski definition) is 2. The molecule has 0 aromatic heterocycles. The number of imide groups is 1. The molecule has 2 aliphatic rings. The topological polar surface area (TPSA) is 78.5 Å². The van der Waals surface area contributed by atoms with Gasteiger partial charge in [0.2, 0.25) is 5.91 Å². The van der Waals surface area contributed by atoms with Crippen LogP contribution in [0.1, 0.15) is 56.6 Å². The van der Waals surface area contributed by atoms with Gasteiger partial charge in [0, 0.05) is 6.54 Å². The van der Waals surface area contributed by atoms with Crippen LogP contribution in [-0.2, 0) is 21.5 Å². The molecule has 4 amide bonds. The SMILES string of the molecule is CCCCCNC(=O)CN1C(=O)N[C@]2(CCCCc3ccccc32)C1=O. The van der Waals surface area contributed by atoms with Crippen molar-refractivity contribution in [3.8, 4) is 0 Å². The predicted molar refractivity (Wildman–Crippen MR) is 98.5 cm³/mol. The molecule has 1 fully saturated rings. The fourth-order valence-corrected chi connectivity index (χ4v) is 3.92. The molecule has 1 heterocycles. The Morgan fingerprint density at radius 2 is 2.04 bits per heavy atom. The highest BCUT2D eigenvalue weighted by atomic mass is 16.2. The minimum atomic E-state index is -1.02. The molecule has 1 aliphatic carbocycles. The Morgan fingerprint density at radius 1 is 1.23 bits per heavy atom. The van der Waals surface area contributed by atoms with Gasteiger partial charge >= 0.3 is 6.03 Å². The first kappa shape index (κ1) is 18.4. The fourth-order valence-electron chi connectivity index (χ4n) is 3.92. The lowest BCUT2D eigenvalue weighted by Crippen LogP contribution is -2.45. The molecule has 1 spiro atoms. The van der Waals surface area contributed by atoms with Gasteiger partial charge in [-0.05, 0) is 43.2 Å². The van der Waals surface area contributed by atoms with Crippen molar-refractivity contribution in [2.24, 2.45) is 0 Å². The van der Waals surface area contributed by atoms with E-state index in [4.69, 9.17) is 0 Å². The molecular formula is C20H27N3O3. The Hall–Kier alpha value is -2.37. The second-order valence-corrected chi connectivity index (χ2v) is 7.15. The molecule has 26 heavy (non-hydrogen) atoms. The molecule has 2 N–H and O–H groups in total. The summed E-state index contributed by atoms with van der Waals surface area (Å²) in [6.45, 7) is 2.45. The Balaban J connectivity index is 1.76. The van der Waals surface area contributed by atoms with Gasteiger partial charge in [-0.25, -0.2) is 4.79 Å². The van der Waals surface area contributed by atoms with Gasteiger partial charge in [-0.3, -0.25) is 14.5 Å². The first-order chi connectivity index (χ1) is 12.6. The van der Waals surface area contributed by atoms with Crippen LogP contribution in [0, 0.1) is 0 Å². The summed E-state index contributed by atoms with van der Waals surface area (Å²) in [6.07, 6.45) is 6.34. The maximum atomic E-state index is 13.2. The largest absolute Gasteiger partial charge is 0.355 e. The van der Waals surface area contributed by atoms with E-state index in [2.05, 4.69) is 17.6 Å². The van der Waals surface area contributed by atoms with Crippen molar-refractivity contribution in [3.05, 3.63) is 35.4 Å². The first-order valence-corrected chi connectivity index (χ1v) is 9.57. The number of nitrogens with one attached hydrogen (secondary N) is 2. The van der Waals surface area contributed by atoms with E-state index in [1.165, 1.54) is 0 Å². The fraction of sp³-hybridized carbons (Fsp3) is 0.550. The second-order valence-electron chi connectivity index (χ2n) is 7.15. The Morgan fingerprint density at radius 3 is 2.85 bits per heavy atom. The van der Waals surface area contributed by atoms with E-state index in [0.717, 1.165) is 54.6 Å². The zero-order valence-electron chi connectivity index (χ0n) is 15.3. The first-order valence-electron chi connectivity index (χ1n) is 9.57. The van der Waals surface area contributed by atoms with E-state index >= 15 is 0 Å². The quantitative estimate of drug-likeness (QED) is 0.606. The van der Waals surface area contributed by atoms with E-state index < -0.39 is 11.6 Å². The Bertz CT molecular complexity index is 703. The summed E-state index contributed by atoms with van der Waals surface area (Å²) >= 11 is 0. The van der Waals surface area contributed by atoms with Gasteiger partial charge in [0.15, 0.2) is 0 Å². The summed E-state index contributed by atoms with van der Waals surface area (Å²) in [5, 5.41) is 5.70. The summed E-state index contributed by atoms with van der Waals surface area (Å²) in [5.41, 5.74) is 0.957. The Kier molecular flexibility index (Phi) is 5.59. The number of fused-ring (bicyclic) bond motifs is 2. The number of hydrogen-bond acceptors (Lipinski definition) is 3. The highest BCUT2D eigenvalue weighted by molar-refractivity contribution is 6.09. The van der Waals surface area contributed by atoms with E-state index in [-0.39, 0.29) is 18.4 Å². The third-order valence-electron chi connectivity index (χ3n) is 5.30. The highest BCUT2D eigenvalue weighted by Crippen LogP contribution is 2.38. The summed E-state index contributed by atoms with van der Waals surface area (Å²) in [5.74, 6) is -0.593. The van der Waals surface area contributed by atoms with Gasteiger partial charge in [-0.15, -0.1) is 0 Å². The van der Waals surface area contributed by atoms with Crippen LogP contribution in [0.25, 0.3) is 0 Å². The van der Waals surface area contributed by atoms with Gasteiger partial charge in [0.05, 0.1) is 0 Å².